The first-order valence-corrected chi connectivity index (χ1v) is 9.33. The molecule has 0 bridgehead atoms. The molecule has 0 radical (unpaired) electrons. The number of hydrogen-bond acceptors (Lipinski definition) is 4. The number of nitrogens with two attached hydrogens (primary N) is 1. The van der Waals surface area contributed by atoms with E-state index in [2.05, 4.69) is 5.32 Å². The van der Waals surface area contributed by atoms with Gasteiger partial charge in [-0.2, -0.15) is 0 Å². The SMILES string of the molecule is CC(C)C(C)(CN)NC(=O)c1ccc2c(c1)C(=O)N(Cc1ccccc1)C2=O.Cl. The summed E-state index contributed by atoms with van der Waals surface area (Å²) in [7, 11) is 0. The quantitative estimate of drug-likeness (QED) is 0.709. The van der Waals surface area contributed by atoms with Crippen molar-refractivity contribution in [2.24, 2.45) is 11.7 Å². The number of rotatable bonds is 6. The van der Waals surface area contributed by atoms with E-state index in [1.165, 1.54) is 11.0 Å². The fourth-order valence-electron chi connectivity index (χ4n) is 3.10. The Morgan fingerprint density at radius 3 is 2.28 bits per heavy atom. The first-order valence-electron chi connectivity index (χ1n) is 9.33. The van der Waals surface area contributed by atoms with Crippen LogP contribution in [0.4, 0.5) is 0 Å². The van der Waals surface area contributed by atoms with Gasteiger partial charge in [-0.25, -0.2) is 0 Å². The van der Waals surface area contributed by atoms with Crippen LogP contribution < -0.4 is 11.1 Å². The van der Waals surface area contributed by atoms with Crippen molar-refractivity contribution in [1.82, 2.24) is 10.2 Å². The summed E-state index contributed by atoms with van der Waals surface area (Å²) in [6.07, 6.45) is 0. The molecule has 0 aromatic heterocycles. The van der Waals surface area contributed by atoms with Gasteiger partial charge in [0, 0.05) is 12.1 Å². The maximum atomic E-state index is 12.8. The van der Waals surface area contributed by atoms with Crippen LogP contribution in [-0.2, 0) is 6.54 Å². The van der Waals surface area contributed by atoms with Gasteiger partial charge in [-0.15, -0.1) is 12.4 Å². The number of carbonyl (C=O) groups excluding carboxylic acids is 3. The van der Waals surface area contributed by atoms with E-state index in [0.717, 1.165) is 5.56 Å². The lowest BCUT2D eigenvalue weighted by atomic mass is 9.88. The van der Waals surface area contributed by atoms with Crippen LogP contribution in [0.15, 0.2) is 48.5 Å². The Morgan fingerprint density at radius 1 is 1.07 bits per heavy atom. The van der Waals surface area contributed by atoms with Gasteiger partial charge in [-0.05, 0) is 36.6 Å². The summed E-state index contributed by atoms with van der Waals surface area (Å²) in [6, 6.07) is 13.9. The van der Waals surface area contributed by atoms with Gasteiger partial charge in [-0.1, -0.05) is 44.2 Å². The Kier molecular flexibility index (Phi) is 6.82. The zero-order valence-electron chi connectivity index (χ0n) is 16.8. The highest BCUT2D eigenvalue weighted by atomic mass is 35.5. The van der Waals surface area contributed by atoms with E-state index >= 15 is 0 Å². The first kappa shape index (κ1) is 22.6. The Balaban J connectivity index is 0.00000300. The Bertz CT molecular complexity index is 930. The molecule has 2 aromatic rings. The number of halogens is 1. The molecule has 1 aliphatic heterocycles. The van der Waals surface area contributed by atoms with E-state index in [9.17, 15) is 14.4 Å². The van der Waals surface area contributed by atoms with Crippen molar-refractivity contribution in [2.45, 2.75) is 32.9 Å². The van der Waals surface area contributed by atoms with Gasteiger partial charge in [0.25, 0.3) is 17.7 Å². The number of carbonyl (C=O) groups is 3. The van der Waals surface area contributed by atoms with E-state index in [1.54, 1.807) is 12.1 Å². The second kappa shape index (κ2) is 8.76. The summed E-state index contributed by atoms with van der Waals surface area (Å²) in [5.41, 5.74) is 7.06. The van der Waals surface area contributed by atoms with E-state index in [0.29, 0.717) is 17.7 Å². The molecule has 154 valence electrons. The number of imide groups is 1. The van der Waals surface area contributed by atoms with Crippen molar-refractivity contribution in [1.29, 1.82) is 0 Å². The third-order valence-corrected chi connectivity index (χ3v) is 5.51. The summed E-state index contributed by atoms with van der Waals surface area (Å²) in [5.74, 6) is -0.902. The third-order valence-electron chi connectivity index (χ3n) is 5.51. The molecule has 0 spiro atoms. The van der Waals surface area contributed by atoms with Crippen LogP contribution in [-0.4, -0.2) is 34.7 Å². The molecule has 1 unspecified atom stereocenters. The molecule has 0 aliphatic carbocycles. The van der Waals surface area contributed by atoms with Gasteiger partial charge < -0.3 is 11.1 Å². The van der Waals surface area contributed by atoms with E-state index in [1.807, 2.05) is 51.1 Å². The molecule has 3 amide bonds. The number of hydrogen-bond donors (Lipinski definition) is 2. The number of amides is 3. The molecule has 0 fully saturated rings. The highest BCUT2D eigenvalue weighted by molar-refractivity contribution is 6.22. The fourth-order valence-corrected chi connectivity index (χ4v) is 3.10. The first-order chi connectivity index (χ1) is 13.3. The highest BCUT2D eigenvalue weighted by Gasteiger charge is 2.36. The Labute approximate surface area is 176 Å². The molecule has 1 atom stereocenters. The van der Waals surface area contributed by atoms with Gasteiger partial charge in [0.15, 0.2) is 0 Å². The number of fused-ring (bicyclic) bond motifs is 1. The van der Waals surface area contributed by atoms with Crippen LogP contribution in [0.2, 0.25) is 0 Å². The minimum absolute atomic E-state index is 0. The molecule has 1 aliphatic rings. The lowest BCUT2D eigenvalue weighted by Crippen LogP contribution is -2.55. The van der Waals surface area contributed by atoms with Gasteiger partial charge in [0.1, 0.15) is 0 Å². The van der Waals surface area contributed by atoms with Crippen molar-refractivity contribution in [3.8, 4) is 0 Å². The van der Waals surface area contributed by atoms with E-state index in [4.69, 9.17) is 5.73 Å². The van der Waals surface area contributed by atoms with Gasteiger partial charge >= 0.3 is 0 Å². The largest absolute Gasteiger partial charge is 0.345 e. The van der Waals surface area contributed by atoms with Crippen molar-refractivity contribution in [3.05, 3.63) is 70.8 Å². The number of nitrogens with zero attached hydrogens (tertiary/aromatic N) is 1. The maximum absolute atomic E-state index is 12.8. The van der Waals surface area contributed by atoms with E-state index in [-0.39, 0.29) is 48.2 Å². The van der Waals surface area contributed by atoms with Crippen LogP contribution in [0.5, 0.6) is 0 Å². The Morgan fingerprint density at radius 2 is 1.69 bits per heavy atom. The molecule has 3 rings (SSSR count). The maximum Gasteiger partial charge on any atom is 0.261 e. The normalized spacial score (nSPS) is 15.0. The van der Waals surface area contributed by atoms with Crippen LogP contribution >= 0.6 is 12.4 Å². The molecule has 3 N–H and O–H groups in total. The summed E-state index contributed by atoms with van der Waals surface area (Å²) >= 11 is 0. The number of benzene rings is 2. The van der Waals surface area contributed by atoms with E-state index < -0.39 is 5.54 Å². The molecule has 0 saturated heterocycles. The summed E-state index contributed by atoms with van der Waals surface area (Å²) in [5, 5.41) is 2.95. The highest BCUT2D eigenvalue weighted by Crippen LogP contribution is 2.26. The summed E-state index contributed by atoms with van der Waals surface area (Å²) in [6.45, 7) is 6.36. The zero-order chi connectivity index (χ0) is 20.5. The molecular weight excluding hydrogens is 390 g/mol. The molecular formula is C22H26ClN3O3. The van der Waals surface area contributed by atoms with Crippen molar-refractivity contribution in [2.75, 3.05) is 6.54 Å². The van der Waals surface area contributed by atoms with Gasteiger partial charge in [0.2, 0.25) is 0 Å². The second-order valence-electron chi connectivity index (χ2n) is 7.67. The topological polar surface area (TPSA) is 92.5 Å². The lowest BCUT2D eigenvalue weighted by Gasteiger charge is -2.33. The monoisotopic (exact) mass is 415 g/mol. The molecule has 1 heterocycles. The van der Waals surface area contributed by atoms with Crippen LogP contribution in [0.25, 0.3) is 0 Å². The fraction of sp³-hybridized carbons (Fsp3) is 0.318. The van der Waals surface area contributed by atoms with Crippen molar-refractivity contribution >= 4 is 30.1 Å². The van der Waals surface area contributed by atoms with Crippen LogP contribution in [0.3, 0.4) is 0 Å². The Hall–Kier alpha value is -2.70. The van der Waals surface area contributed by atoms with Gasteiger partial charge in [0.05, 0.1) is 23.2 Å². The lowest BCUT2D eigenvalue weighted by molar-refractivity contribution is 0.0642. The number of nitrogens with one attached hydrogen (secondary N) is 1. The third kappa shape index (κ3) is 4.33. The predicted molar refractivity (Wildman–Crippen MR) is 114 cm³/mol. The minimum Gasteiger partial charge on any atom is -0.345 e. The molecule has 29 heavy (non-hydrogen) atoms. The van der Waals surface area contributed by atoms with Crippen molar-refractivity contribution < 1.29 is 14.4 Å². The van der Waals surface area contributed by atoms with Crippen molar-refractivity contribution in [3.63, 3.8) is 0 Å². The van der Waals surface area contributed by atoms with Crippen LogP contribution in [0, 0.1) is 5.92 Å². The molecule has 0 saturated carbocycles. The standard InChI is InChI=1S/C22H25N3O3.ClH/c1-14(2)22(3,13-23)24-19(26)16-9-10-17-18(11-16)21(28)25(20(17)27)12-15-7-5-4-6-8-15;/h4-11,14H,12-13,23H2,1-3H3,(H,24,26);1H. The minimum atomic E-state index is -0.560. The smallest absolute Gasteiger partial charge is 0.261 e. The average molecular weight is 416 g/mol. The summed E-state index contributed by atoms with van der Waals surface area (Å²) < 4.78 is 0. The second-order valence-corrected chi connectivity index (χ2v) is 7.67. The molecule has 6 nitrogen and oxygen atoms in total. The van der Waals surface area contributed by atoms with Gasteiger partial charge in [-0.3, -0.25) is 19.3 Å². The predicted octanol–water partition coefficient (Wildman–Crippen LogP) is 3.01. The molecule has 2 aromatic carbocycles. The average Bonchev–Trinajstić information content (AvgIpc) is 2.93. The molecule has 7 heteroatoms. The summed E-state index contributed by atoms with van der Waals surface area (Å²) in [4.78, 5) is 39.4. The zero-order valence-corrected chi connectivity index (χ0v) is 17.6. The van der Waals surface area contributed by atoms with Crippen LogP contribution in [0.1, 0.15) is 57.4 Å².